The summed E-state index contributed by atoms with van der Waals surface area (Å²) in [5.41, 5.74) is 3.61. The fraction of sp³-hybridized carbons (Fsp3) is 0.467. The van der Waals surface area contributed by atoms with E-state index in [1.54, 1.807) is 20.8 Å². The van der Waals surface area contributed by atoms with Crippen LogP contribution in [0, 0.1) is 5.92 Å². The Bertz CT molecular complexity index is 1120. The topological polar surface area (TPSA) is 108 Å². The zero-order valence-corrected chi connectivity index (χ0v) is 22.7. The van der Waals surface area contributed by atoms with Gasteiger partial charge >= 0.3 is 17.9 Å². The summed E-state index contributed by atoms with van der Waals surface area (Å²) in [4.78, 5) is 50.8. The van der Waals surface area contributed by atoms with E-state index in [-0.39, 0.29) is 25.4 Å². The second-order valence-corrected chi connectivity index (χ2v) is 10.5. The van der Waals surface area contributed by atoms with Gasteiger partial charge in [-0.3, -0.25) is 14.4 Å². The van der Waals surface area contributed by atoms with E-state index in [1.807, 2.05) is 55.5 Å². The number of esters is 3. The third-order valence-electron chi connectivity index (χ3n) is 6.37. The monoisotopic (exact) mass is 523 g/mol. The molecule has 0 saturated heterocycles. The molecule has 0 saturated carbocycles. The van der Waals surface area contributed by atoms with E-state index in [1.165, 1.54) is 7.11 Å². The highest BCUT2D eigenvalue weighted by Crippen LogP contribution is 2.44. The van der Waals surface area contributed by atoms with Gasteiger partial charge in [0.1, 0.15) is 18.2 Å². The van der Waals surface area contributed by atoms with Crippen molar-refractivity contribution in [3.63, 3.8) is 0 Å². The number of benzene rings is 2. The van der Waals surface area contributed by atoms with Gasteiger partial charge in [0.05, 0.1) is 25.9 Å². The van der Waals surface area contributed by atoms with Gasteiger partial charge in [0.25, 0.3) is 0 Å². The quantitative estimate of drug-likeness (QED) is 0.340. The second kappa shape index (κ2) is 12.7. The highest BCUT2D eigenvalue weighted by atomic mass is 16.6. The number of amides is 1. The molecule has 0 radical (unpaired) electrons. The van der Waals surface area contributed by atoms with E-state index < -0.39 is 41.4 Å². The van der Waals surface area contributed by atoms with Crippen LogP contribution in [-0.2, 0) is 33.4 Å². The molecule has 1 amide bonds. The molecule has 2 atom stereocenters. The first-order chi connectivity index (χ1) is 18.0. The molecule has 0 unspecified atom stereocenters. The molecule has 3 rings (SSSR count). The standard InChI is InChI=1S/C30H37NO7/c1-6-11-25(29(35)36-5)31-28(34)19(17-27(33)38-30(2,3)4)16-26(32)37-18-24-22-14-9-7-12-20(22)21-13-8-10-15-23(21)24/h7-10,12-15,19,24-25H,6,11,16-18H2,1-5H3,(H,31,34)/t19-,25-/m0/s1. The van der Waals surface area contributed by atoms with Crippen molar-refractivity contribution in [3.8, 4) is 11.1 Å². The number of rotatable bonds is 11. The lowest BCUT2D eigenvalue weighted by molar-refractivity contribution is -0.158. The predicted molar refractivity (Wildman–Crippen MR) is 142 cm³/mol. The number of hydrogen-bond acceptors (Lipinski definition) is 7. The molecule has 0 aromatic heterocycles. The number of nitrogens with one attached hydrogen (secondary N) is 1. The third-order valence-corrected chi connectivity index (χ3v) is 6.37. The number of fused-ring (bicyclic) bond motifs is 3. The third kappa shape index (κ3) is 7.43. The first kappa shape index (κ1) is 28.9. The lowest BCUT2D eigenvalue weighted by Gasteiger charge is -2.23. The number of carbonyl (C=O) groups is 4. The maximum Gasteiger partial charge on any atom is 0.328 e. The van der Waals surface area contributed by atoms with Crippen LogP contribution in [0.3, 0.4) is 0 Å². The predicted octanol–water partition coefficient (Wildman–Crippen LogP) is 4.54. The van der Waals surface area contributed by atoms with Gasteiger partial charge in [0.2, 0.25) is 5.91 Å². The fourth-order valence-electron chi connectivity index (χ4n) is 4.69. The zero-order valence-electron chi connectivity index (χ0n) is 22.7. The minimum Gasteiger partial charge on any atom is -0.467 e. The molecule has 1 aliphatic carbocycles. The van der Waals surface area contributed by atoms with E-state index in [9.17, 15) is 19.2 Å². The van der Waals surface area contributed by atoms with Crippen LogP contribution in [0.15, 0.2) is 48.5 Å². The van der Waals surface area contributed by atoms with Crippen molar-refractivity contribution in [1.82, 2.24) is 5.32 Å². The molecule has 0 spiro atoms. The number of ether oxygens (including phenoxy) is 3. The summed E-state index contributed by atoms with van der Waals surface area (Å²) in [6.07, 6.45) is 0.333. The molecular weight excluding hydrogens is 486 g/mol. The largest absolute Gasteiger partial charge is 0.467 e. The van der Waals surface area contributed by atoms with E-state index >= 15 is 0 Å². The average molecular weight is 524 g/mol. The molecule has 38 heavy (non-hydrogen) atoms. The molecular formula is C30H37NO7. The van der Waals surface area contributed by atoms with Crippen LogP contribution >= 0.6 is 0 Å². The lowest BCUT2D eigenvalue weighted by atomic mass is 9.97. The summed E-state index contributed by atoms with van der Waals surface area (Å²) in [6.45, 7) is 7.14. The molecule has 0 heterocycles. The van der Waals surface area contributed by atoms with Crippen molar-refractivity contribution in [2.45, 2.75) is 70.9 Å². The first-order valence-electron chi connectivity index (χ1n) is 13.0. The number of carbonyl (C=O) groups excluding carboxylic acids is 4. The minimum atomic E-state index is -1.07. The molecule has 1 N–H and O–H groups in total. The molecule has 204 valence electrons. The van der Waals surface area contributed by atoms with Crippen molar-refractivity contribution in [2.24, 2.45) is 5.92 Å². The molecule has 2 aromatic rings. The van der Waals surface area contributed by atoms with Gasteiger partial charge in [-0.1, -0.05) is 61.9 Å². The van der Waals surface area contributed by atoms with Crippen molar-refractivity contribution in [2.75, 3.05) is 13.7 Å². The molecule has 8 heteroatoms. The van der Waals surface area contributed by atoms with Crippen LogP contribution in [0.25, 0.3) is 11.1 Å². The summed E-state index contributed by atoms with van der Waals surface area (Å²) < 4.78 is 15.8. The molecule has 0 aliphatic heterocycles. The summed E-state index contributed by atoms with van der Waals surface area (Å²) in [5, 5.41) is 2.64. The Kier molecular flexibility index (Phi) is 9.66. The Hall–Kier alpha value is -3.68. The van der Waals surface area contributed by atoms with Crippen molar-refractivity contribution in [1.29, 1.82) is 0 Å². The lowest BCUT2D eigenvalue weighted by Crippen LogP contribution is -2.45. The van der Waals surface area contributed by atoms with Crippen LogP contribution in [0.5, 0.6) is 0 Å². The number of hydrogen-bond donors (Lipinski definition) is 1. The number of methoxy groups -OCH3 is 1. The molecule has 0 fully saturated rings. The van der Waals surface area contributed by atoms with Gasteiger partial charge < -0.3 is 19.5 Å². The van der Waals surface area contributed by atoms with E-state index in [2.05, 4.69) is 5.32 Å². The van der Waals surface area contributed by atoms with Gasteiger partial charge in [0.15, 0.2) is 0 Å². The maximum absolute atomic E-state index is 13.1. The van der Waals surface area contributed by atoms with Gasteiger partial charge in [-0.2, -0.15) is 0 Å². The summed E-state index contributed by atoms with van der Waals surface area (Å²) in [7, 11) is 1.24. The maximum atomic E-state index is 13.1. The summed E-state index contributed by atoms with van der Waals surface area (Å²) >= 11 is 0. The highest BCUT2D eigenvalue weighted by Gasteiger charge is 2.33. The molecule has 0 bridgehead atoms. The smallest absolute Gasteiger partial charge is 0.328 e. The van der Waals surface area contributed by atoms with Crippen molar-refractivity contribution < 1.29 is 33.4 Å². The summed E-state index contributed by atoms with van der Waals surface area (Å²) in [6, 6.07) is 15.1. The minimum absolute atomic E-state index is 0.105. The average Bonchev–Trinajstić information content (AvgIpc) is 3.19. The van der Waals surface area contributed by atoms with Crippen LogP contribution in [0.4, 0.5) is 0 Å². The van der Waals surface area contributed by atoms with E-state index in [0.29, 0.717) is 12.8 Å². The summed E-state index contributed by atoms with van der Waals surface area (Å²) in [5.74, 6) is -3.61. The van der Waals surface area contributed by atoms with Crippen LogP contribution < -0.4 is 5.32 Å². The molecule has 2 aromatic carbocycles. The molecule has 8 nitrogen and oxygen atoms in total. The van der Waals surface area contributed by atoms with Crippen molar-refractivity contribution in [3.05, 3.63) is 59.7 Å². The van der Waals surface area contributed by atoms with Crippen LogP contribution in [-0.4, -0.2) is 49.2 Å². The van der Waals surface area contributed by atoms with Gasteiger partial charge in [-0.15, -0.1) is 0 Å². The van der Waals surface area contributed by atoms with Crippen molar-refractivity contribution >= 4 is 23.8 Å². The molecule has 1 aliphatic rings. The Morgan fingerprint density at radius 3 is 1.97 bits per heavy atom. The van der Waals surface area contributed by atoms with Crippen LogP contribution in [0.1, 0.15) is 70.4 Å². The Labute approximate surface area is 224 Å². The van der Waals surface area contributed by atoms with Gasteiger partial charge in [-0.05, 0) is 49.4 Å². The fourth-order valence-corrected chi connectivity index (χ4v) is 4.69. The van der Waals surface area contributed by atoms with Crippen LogP contribution in [0.2, 0.25) is 0 Å². The highest BCUT2D eigenvalue weighted by molar-refractivity contribution is 5.90. The van der Waals surface area contributed by atoms with E-state index in [0.717, 1.165) is 22.3 Å². The Balaban J connectivity index is 1.72. The van der Waals surface area contributed by atoms with Gasteiger partial charge in [0, 0.05) is 5.92 Å². The second-order valence-electron chi connectivity index (χ2n) is 10.5. The van der Waals surface area contributed by atoms with Gasteiger partial charge in [-0.25, -0.2) is 4.79 Å². The normalized spacial score (nSPS) is 14.0. The Morgan fingerprint density at radius 1 is 0.895 bits per heavy atom. The van der Waals surface area contributed by atoms with E-state index in [4.69, 9.17) is 14.2 Å². The zero-order chi connectivity index (χ0) is 27.9. The first-order valence-corrected chi connectivity index (χ1v) is 13.0. The SMILES string of the molecule is CCC[C@H](NC(=O)[C@@H](CC(=O)OCC1c2ccccc2-c2ccccc21)CC(=O)OC(C)(C)C)C(=O)OC. The Morgan fingerprint density at radius 2 is 1.45 bits per heavy atom.